The lowest BCUT2D eigenvalue weighted by Crippen LogP contribution is -2.07. The van der Waals surface area contributed by atoms with Gasteiger partial charge in [-0.25, -0.2) is 4.98 Å². The maximum atomic E-state index is 5.84. The van der Waals surface area contributed by atoms with Gasteiger partial charge in [0.15, 0.2) is 0 Å². The summed E-state index contributed by atoms with van der Waals surface area (Å²) < 4.78 is 11.0. The minimum atomic E-state index is 0.572. The Kier molecular flexibility index (Phi) is 4.89. The first-order valence-electron chi connectivity index (χ1n) is 6.17. The van der Waals surface area contributed by atoms with Gasteiger partial charge >= 0.3 is 0 Å². The normalized spacial score (nSPS) is 10.4. The zero-order valence-electron chi connectivity index (χ0n) is 11.2. The summed E-state index contributed by atoms with van der Waals surface area (Å²) in [6.45, 7) is 1.30. The molecule has 0 amide bonds. The van der Waals surface area contributed by atoms with Gasteiger partial charge in [0, 0.05) is 25.4 Å². The summed E-state index contributed by atoms with van der Waals surface area (Å²) in [5, 5.41) is 3.10. The summed E-state index contributed by atoms with van der Waals surface area (Å²) >= 11 is 0. The largest absolute Gasteiger partial charge is 0.439 e. The molecule has 4 heteroatoms. The number of benzene rings is 1. The molecular weight excluding hydrogens is 240 g/mol. The van der Waals surface area contributed by atoms with Gasteiger partial charge in [0.2, 0.25) is 5.88 Å². The number of hydrogen-bond acceptors (Lipinski definition) is 4. The third kappa shape index (κ3) is 3.77. The predicted molar refractivity (Wildman–Crippen MR) is 74.2 cm³/mol. The molecule has 0 aliphatic carbocycles. The lowest BCUT2D eigenvalue weighted by molar-refractivity contribution is 0.184. The van der Waals surface area contributed by atoms with E-state index in [4.69, 9.17) is 9.47 Å². The van der Waals surface area contributed by atoms with Crippen molar-refractivity contribution in [1.82, 2.24) is 10.3 Å². The predicted octanol–water partition coefficient (Wildman–Crippen LogP) is 2.74. The van der Waals surface area contributed by atoms with E-state index in [1.54, 1.807) is 13.3 Å². The van der Waals surface area contributed by atoms with Crippen molar-refractivity contribution in [3.05, 3.63) is 53.7 Å². The van der Waals surface area contributed by atoms with E-state index in [1.807, 2.05) is 43.4 Å². The van der Waals surface area contributed by atoms with Gasteiger partial charge in [0.1, 0.15) is 5.75 Å². The Morgan fingerprint density at radius 3 is 2.89 bits per heavy atom. The minimum absolute atomic E-state index is 0.572. The second-order valence-electron chi connectivity index (χ2n) is 4.18. The Morgan fingerprint density at radius 1 is 1.21 bits per heavy atom. The number of aromatic nitrogens is 1. The maximum Gasteiger partial charge on any atom is 0.223 e. The monoisotopic (exact) mass is 258 g/mol. The number of nitrogens with one attached hydrogen (secondary N) is 1. The Morgan fingerprint density at radius 2 is 2.11 bits per heavy atom. The first-order valence-corrected chi connectivity index (χ1v) is 6.17. The number of methoxy groups -OCH3 is 1. The molecule has 0 aliphatic rings. The van der Waals surface area contributed by atoms with E-state index in [0.29, 0.717) is 12.5 Å². The third-order valence-electron chi connectivity index (χ3n) is 2.64. The van der Waals surface area contributed by atoms with Crippen molar-refractivity contribution in [2.24, 2.45) is 0 Å². The summed E-state index contributed by atoms with van der Waals surface area (Å²) in [6.07, 6.45) is 1.73. The maximum absolute atomic E-state index is 5.84. The number of ether oxygens (including phenoxy) is 2. The van der Waals surface area contributed by atoms with Crippen LogP contribution in [0, 0.1) is 0 Å². The minimum Gasteiger partial charge on any atom is -0.439 e. The van der Waals surface area contributed by atoms with E-state index in [-0.39, 0.29) is 0 Å². The van der Waals surface area contributed by atoms with E-state index in [0.717, 1.165) is 23.4 Å². The number of pyridine rings is 1. The molecule has 0 aliphatic heterocycles. The van der Waals surface area contributed by atoms with E-state index < -0.39 is 0 Å². The van der Waals surface area contributed by atoms with Gasteiger partial charge in [-0.3, -0.25) is 0 Å². The van der Waals surface area contributed by atoms with Gasteiger partial charge in [-0.1, -0.05) is 18.2 Å². The van der Waals surface area contributed by atoms with Crippen LogP contribution in [-0.2, 0) is 17.9 Å². The van der Waals surface area contributed by atoms with Crippen LogP contribution in [0.2, 0.25) is 0 Å². The molecule has 1 aromatic heterocycles. The molecule has 2 aromatic rings. The van der Waals surface area contributed by atoms with E-state index in [2.05, 4.69) is 10.3 Å². The Bertz CT molecular complexity index is 529. The van der Waals surface area contributed by atoms with Gasteiger partial charge in [-0.05, 0) is 30.8 Å². The first-order chi connectivity index (χ1) is 9.33. The fourth-order valence-corrected chi connectivity index (χ4v) is 1.82. The summed E-state index contributed by atoms with van der Waals surface area (Å²) in [6, 6.07) is 11.7. The highest BCUT2D eigenvalue weighted by Crippen LogP contribution is 2.23. The van der Waals surface area contributed by atoms with E-state index in [9.17, 15) is 0 Å². The zero-order chi connectivity index (χ0) is 13.5. The number of hydrogen-bond donors (Lipinski definition) is 1. The lowest BCUT2D eigenvalue weighted by atomic mass is 10.2. The summed E-state index contributed by atoms with van der Waals surface area (Å²) in [5.41, 5.74) is 2.10. The highest BCUT2D eigenvalue weighted by atomic mass is 16.5. The van der Waals surface area contributed by atoms with Crippen molar-refractivity contribution in [1.29, 1.82) is 0 Å². The van der Waals surface area contributed by atoms with Crippen LogP contribution in [0.5, 0.6) is 11.6 Å². The summed E-state index contributed by atoms with van der Waals surface area (Å²) in [5.74, 6) is 1.40. The lowest BCUT2D eigenvalue weighted by Gasteiger charge is -2.10. The van der Waals surface area contributed by atoms with Gasteiger partial charge < -0.3 is 14.8 Å². The highest BCUT2D eigenvalue weighted by molar-refractivity contribution is 5.34. The second-order valence-corrected chi connectivity index (χ2v) is 4.18. The zero-order valence-corrected chi connectivity index (χ0v) is 11.2. The topological polar surface area (TPSA) is 43.4 Å². The van der Waals surface area contributed by atoms with Gasteiger partial charge in [0.05, 0.1) is 6.61 Å². The van der Waals surface area contributed by atoms with Crippen molar-refractivity contribution in [2.75, 3.05) is 14.2 Å². The quantitative estimate of drug-likeness (QED) is 0.865. The van der Waals surface area contributed by atoms with Gasteiger partial charge in [0.25, 0.3) is 0 Å². The molecule has 0 saturated heterocycles. The van der Waals surface area contributed by atoms with Crippen molar-refractivity contribution in [3.8, 4) is 11.6 Å². The Balaban J connectivity index is 2.18. The van der Waals surface area contributed by atoms with Crippen LogP contribution in [0.1, 0.15) is 11.1 Å². The van der Waals surface area contributed by atoms with Crippen molar-refractivity contribution < 1.29 is 9.47 Å². The van der Waals surface area contributed by atoms with E-state index >= 15 is 0 Å². The van der Waals surface area contributed by atoms with Crippen LogP contribution < -0.4 is 10.1 Å². The SMILES string of the molecule is CNCc1cccnc1Oc1cccc(COC)c1. The molecule has 0 fully saturated rings. The van der Waals surface area contributed by atoms with Crippen LogP contribution in [0.3, 0.4) is 0 Å². The molecule has 2 rings (SSSR count). The van der Waals surface area contributed by atoms with Crippen LogP contribution in [0.15, 0.2) is 42.6 Å². The molecule has 1 aromatic carbocycles. The molecule has 0 saturated carbocycles. The molecule has 1 heterocycles. The molecule has 4 nitrogen and oxygen atoms in total. The number of rotatable bonds is 6. The Labute approximate surface area is 113 Å². The van der Waals surface area contributed by atoms with Gasteiger partial charge in [-0.2, -0.15) is 0 Å². The van der Waals surface area contributed by atoms with Crippen molar-refractivity contribution in [2.45, 2.75) is 13.2 Å². The molecule has 0 spiro atoms. The second kappa shape index (κ2) is 6.87. The molecule has 0 atom stereocenters. The van der Waals surface area contributed by atoms with Crippen LogP contribution >= 0.6 is 0 Å². The van der Waals surface area contributed by atoms with Crippen molar-refractivity contribution >= 4 is 0 Å². The summed E-state index contributed by atoms with van der Waals surface area (Å²) in [7, 11) is 3.58. The fourth-order valence-electron chi connectivity index (χ4n) is 1.82. The average molecular weight is 258 g/mol. The van der Waals surface area contributed by atoms with Crippen LogP contribution in [-0.4, -0.2) is 19.1 Å². The molecule has 0 radical (unpaired) electrons. The molecular formula is C15H18N2O2. The number of nitrogens with zero attached hydrogens (tertiary/aromatic N) is 1. The molecule has 0 unspecified atom stereocenters. The van der Waals surface area contributed by atoms with E-state index in [1.165, 1.54) is 0 Å². The fraction of sp³-hybridized carbons (Fsp3) is 0.267. The molecule has 19 heavy (non-hydrogen) atoms. The summed E-state index contributed by atoms with van der Waals surface area (Å²) in [4.78, 5) is 4.27. The molecule has 1 N–H and O–H groups in total. The first kappa shape index (κ1) is 13.5. The third-order valence-corrected chi connectivity index (χ3v) is 2.64. The smallest absolute Gasteiger partial charge is 0.223 e. The van der Waals surface area contributed by atoms with Crippen LogP contribution in [0.25, 0.3) is 0 Å². The molecule has 0 bridgehead atoms. The standard InChI is InChI=1S/C15H18N2O2/c1-16-10-13-6-4-8-17-15(13)19-14-7-3-5-12(9-14)11-18-2/h3-9,16H,10-11H2,1-2H3. The average Bonchev–Trinajstić information content (AvgIpc) is 2.42. The highest BCUT2D eigenvalue weighted by Gasteiger charge is 2.05. The Hall–Kier alpha value is -1.91. The van der Waals surface area contributed by atoms with Crippen LogP contribution in [0.4, 0.5) is 0 Å². The molecule has 100 valence electrons. The van der Waals surface area contributed by atoms with Gasteiger partial charge in [-0.15, -0.1) is 0 Å². The van der Waals surface area contributed by atoms with Crippen molar-refractivity contribution in [3.63, 3.8) is 0 Å².